The SMILES string of the molecule is CCn1c(S[C@H](C)C(=O)Nc2ccccc2OC)nnc1-c1ccccc1C. The predicted octanol–water partition coefficient (Wildman–Crippen LogP) is 4.40. The first-order chi connectivity index (χ1) is 13.5. The van der Waals surface area contributed by atoms with Crippen molar-refractivity contribution in [2.24, 2.45) is 0 Å². The van der Waals surface area contributed by atoms with Crippen LogP contribution in [-0.2, 0) is 11.3 Å². The molecule has 0 saturated carbocycles. The molecule has 0 unspecified atom stereocenters. The standard InChI is InChI=1S/C21H24N4O2S/c1-5-25-19(16-11-7-6-10-14(16)2)23-24-21(25)28-15(3)20(26)22-17-12-8-9-13-18(17)27-4/h6-13,15H,5H2,1-4H3,(H,22,26)/t15-/m1/s1. The molecule has 0 radical (unpaired) electrons. The van der Waals surface area contributed by atoms with Crippen LogP contribution in [0.2, 0.25) is 0 Å². The second kappa shape index (κ2) is 8.93. The number of benzene rings is 2. The zero-order chi connectivity index (χ0) is 20.1. The summed E-state index contributed by atoms with van der Waals surface area (Å²) in [5.41, 5.74) is 2.85. The molecule has 0 aliphatic heterocycles. The maximum Gasteiger partial charge on any atom is 0.237 e. The van der Waals surface area contributed by atoms with E-state index in [1.165, 1.54) is 11.8 Å². The summed E-state index contributed by atoms with van der Waals surface area (Å²) in [7, 11) is 1.58. The Morgan fingerprint density at radius 3 is 2.61 bits per heavy atom. The predicted molar refractivity (Wildman–Crippen MR) is 113 cm³/mol. The quantitative estimate of drug-likeness (QED) is 0.600. The van der Waals surface area contributed by atoms with Gasteiger partial charge in [-0.05, 0) is 38.5 Å². The van der Waals surface area contributed by atoms with Crippen molar-refractivity contribution in [2.75, 3.05) is 12.4 Å². The number of nitrogens with one attached hydrogen (secondary N) is 1. The fourth-order valence-corrected chi connectivity index (χ4v) is 3.79. The van der Waals surface area contributed by atoms with Crippen LogP contribution < -0.4 is 10.1 Å². The van der Waals surface area contributed by atoms with Crippen molar-refractivity contribution in [1.29, 1.82) is 0 Å². The maximum absolute atomic E-state index is 12.7. The van der Waals surface area contributed by atoms with Crippen molar-refractivity contribution in [3.8, 4) is 17.1 Å². The van der Waals surface area contributed by atoms with Gasteiger partial charge in [-0.1, -0.05) is 48.2 Å². The summed E-state index contributed by atoms with van der Waals surface area (Å²) in [6, 6.07) is 15.5. The van der Waals surface area contributed by atoms with Gasteiger partial charge in [0.2, 0.25) is 5.91 Å². The van der Waals surface area contributed by atoms with Crippen LogP contribution in [0.15, 0.2) is 53.7 Å². The molecule has 1 atom stereocenters. The van der Waals surface area contributed by atoms with Crippen LogP contribution in [0.5, 0.6) is 5.75 Å². The topological polar surface area (TPSA) is 69.0 Å². The number of para-hydroxylation sites is 2. The minimum atomic E-state index is -0.343. The monoisotopic (exact) mass is 396 g/mol. The van der Waals surface area contributed by atoms with E-state index in [2.05, 4.69) is 35.4 Å². The van der Waals surface area contributed by atoms with Crippen molar-refractivity contribution in [2.45, 2.75) is 37.7 Å². The first-order valence-corrected chi connectivity index (χ1v) is 10.0. The van der Waals surface area contributed by atoms with E-state index in [1.54, 1.807) is 7.11 Å². The van der Waals surface area contributed by atoms with Crippen molar-refractivity contribution in [3.63, 3.8) is 0 Å². The first-order valence-electron chi connectivity index (χ1n) is 9.14. The normalized spacial score (nSPS) is 11.9. The van der Waals surface area contributed by atoms with E-state index in [9.17, 15) is 4.79 Å². The minimum Gasteiger partial charge on any atom is -0.495 e. The van der Waals surface area contributed by atoms with Crippen LogP contribution in [-0.4, -0.2) is 33.0 Å². The number of aryl methyl sites for hydroxylation is 1. The van der Waals surface area contributed by atoms with E-state index >= 15 is 0 Å². The van der Waals surface area contributed by atoms with Crippen molar-refractivity contribution >= 4 is 23.4 Å². The van der Waals surface area contributed by atoms with E-state index in [0.717, 1.165) is 28.7 Å². The number of nitrogens with zero attached hydrogens (tertiary/aromatic N) is 3. The fourth-order valence-electron chi connectivity index (χ4n) is 2.88. The number of anilines is 1. The summed E-state index contributed by atoms with van der Waals surface area (Å²) in [5.74, 6) is 1.34. The highest BCUT2D eigenvalue weighted by atomic mass is 32.2. The number of ether oxygens (including phenoxy) is 1. The molecular formula is C21H24N4O2S. The van der Waals surface area contributed by atoms with Crippen LogP contribution in [0.25, 0.3) is 11.4 Å². The first kappa shape index (κ1) is 19.9. The number of methoxy groups -OCH3 is 1. The molecule has 3 aromatic rings. The number of carbonyl (C=O) groups is 1. The summed E-state index contributed by atoms with van der Waals surface area (Å²) < 4.78 is 7.34. The molecule has 1 N–H and O–H groups in total. The summed E-state index contributed by atoms with van der Waals surface area (Å²) >= 11 is 1.39. The minimum absolute atomic E-state index is 0.113. The number of hydrogen-bond acceptors (Lipinski definition) is 5. The lowest BCUT2D eigenvalue weighted by atomic mass is 10.1. The van der Waals surface area contributed by atoms with Gasteiger partial charge in [0.15, 0.2) is 11.0 Å². The van der Waals surface area contributed by atoms with Gasteiger partial charge in [0.1, 0.15) is 5.75 Å². The zero-order valence-electron chi connectivity index (χ0n) is 16.5. The van der Waals surface area contributed by atoms with Gasteiger partial charge in [-0.2, -0.15) is 0 Å². The van der Waals surface area contributed by atoms with Crippen molar-refractivity contribution in [1.82, 2.24) is 14.8 Å². The summed E-state index contributed by atoms with van der Waals surface area (Å²) in [4.78, 5) is 12.7. The summed E-state index contributed by atoms with van der Waals surface area (Å²) in [6.45, 7) is 6.69. The van der Waals surface area contributed by atoms with E-state index in [0.29, 0.717) is 11.4 Å². The van der Waals surface area contributed by atoms with E-state index in [1.807, 2.05) is 54.0 Å². The van der Waals surface area contributed by atoms with Crippen LogP contribution in [0.3, 0.4) is 0 Å². The van der Waals surface area contributed by atoms with E-state index in [-0.39, 0.29) is 11.2 Å². The number of rotatable bonds is 7. The summed E-state index contributed by atoms with van der Waals surface area (Å²) in [6.07, 6.45) is 0. The third-order valence-electron chi connectivity index (χ3n) is 4.44. The molecule has 0 saturated heterocycles. The van der Waals surface area contributed by atoms with Crippen LogP contribution in [0, 0.1) is 6.92 Å². The average Bonchev–Trinajstić information content (AvgIpc) is 3.10. The molecule has 146 valence electrons. The van der Waals surface area contributed by atoms with Gasteiger partial charge in [0, 0.05) is 12.1 Å². The lowest BCUT2D eigenvalue weighted by Gasteiger charge is -2.14. The Morgan fingerprint density at radius 2 is 1.89 bits per heavy atom. The molecule has 0 spiro atoms. The molecule has 0 fully saturated rings. The number of carbonyl (C=O) groups excluding carboxylic acids is 1. The second-order valence-corrected chi connectivity index (χ2v) is 7.62. The molecule has 1 amide bonds. The molecule has 0 aliphatic carbocycles. The van der Waals surface area contributed by atoms with Gasteiger partial charge >= 0.3 is 0 Å². The molecule has 3 rings (SSSR count). The van der Waals surface area contributed by atoms with Gasteiger partial charge in [-0.3, -0.25) is 4.79 Å². The lowest BCUT2D eigenvalue weighted by molar-refractivity contribution is -0.115. The molecule has 1 heterocycles. The number of amides is 1. The number of thioether (sulfide) groups is 1. The Hall–Kier alpha value is -2.80. The average molecular weight is 397 g/mol. The van der Waals surface area contributed by atoms with Gasteiger partial charge < -0.3 is 14.6 Å². The maximum atomic E-state index is 12.7. The van der Waals surface area contributed by atoms with Gasteiger partial charge in [-0.15, -0.1) is 10.2 Å². The Labute approximate surface area is 169 Å². The third-order valence-corrected chi connectivity index (χ3v) is 5.52. The molecular weight excluding hydrogens is 372 g/mol. The van der Waals surface area contributed by atoms with Crippen molar-refractivity contribution < 1.29 is 9.53 Å². The summed E-state index contributed by atoms with van der Waals surface area (Å²) in [5, 5.41) is 12.0. The van der Waals surface area contributed by atoms with Crippen molar-refractivity contribution in [3.05, 3.63) is 54.1 Å². The molecule has 6 nitrogen and oxygen atoms in total. The Kier molecular flexibility index (Phi) is 6.36. The van der Waals surface area contributed by atoms with Gasteiger partial charge in [0.05, 0.1) is 18.0 Å². The Balaban J connectivity index is 1.78. The Morgan fingerprint density at radius 1 is 1.18 bits per heavy atom. The molecule has 7 heteroatoms. The second-order valence-electron chi connectivity index (χ2n) is 6.31. The highest BCUT2D eigenvalue weighted by molar-refractivity contribution is 8.00. The number of hydrogen-bond donors (Lipinski definition) is 1. The van der Waals surface area contributed by atoms with Gasteiger partial charge in [0.25, 0.3) is 0 Å². The van der Waals surface area contributed by atoms with Crippen LogP contribution >= 0.6 is 11.8 Å². The zero-order valence-corrected chi connectivity index (χ0v) is 17.3. The smallest absolute Gasteiger partial charge is 0.237 e. The lowest BCUT2D eigenvalue weighted by Crippen LogP contribution is -2.23. The molecule has 28 heavy (non-hydrogen) atoms. The third kappa shape index (κ3) is 4.20. The van der Waals surface area contributed by atoms with Crippen LogP contribution in [0.4, 0.5) is 5.69 Å². The highest BCUT2D eigenvalue weighted by Gasteiger charge is 2.21. The van der Waals surface area contributed by atoms with Gasteiger partial charge in [-0.25, -0.2) is 0 Å². The Bertz CT molecular complexity index is 971. The molecule has 2 aromatic carbocycles. The van der Waals surface area contributed by atoms with E-state index < -0.39 is 0 Å². The molecule has 0 aliphatic rings. The molecule has 0 bridgehead atoms. The number of aromatic nitrogens is 3. The molecule has 1 aromatic heterocycles. The van der Waals surface area contributed by atoms with Crippen LogP contribution in [0.1, 0.15) is 19.4 Å². The van der Waals surface area contributed by atoms with E-state index in [4.69, 9.17) is 4.74 Å². The highest BCUT2D eigenvalue weighted by Crippen LogP contribution is 2.30. The largest absolute Gasteiger partial charge is 0.495 e. The fraction of sp³-hybridized carbons (Fsp3) is 0.286.